The number of hydrogen-bond acceptors (Lipinski definition) is 2. The summed E-state index contributed by atoms with van der Waals surface area (Å²) < 4.78 is 15.9. The van der Waals surface area contributed by atoms with E-state index in [0.717, 1.165) is 73.2 Å². The highest BCUT2D eigenvalue weighted by Crippen LogP contribution is 2.62. The quantitative estimate of drug-likeness (QED) is 0.187. The highest BCUT2D eigenvalue weighted by molar-refractivity contribution is 6.10. The van der Waals surface area contributed by atoms with Crippen molar-refractivity contribution in [1.82, 2.24) is 4.57 Å². The fourth-order valence-corrected chi connectivity index (χ4v) is 8.66. The van der Waals surface area contributed by atoms with Crippen LogP contribution in [0.4, 0.5) is 0 Å². The van der Waals surface area contributed by atoms with Gasteiger partial charge in [-0.05, 0) is 82.9 Å². The lowest BCUT2D eigenvalue weighted by molar-refractivity contribution is 0.399. The summed E-state index contributed by atoms with van der Waals surface area (Å²) in [6.07, 6.45) is 0. The number of nitrogens with zero attached hydrogens (tertiary/aromatic N) is 1. The highest BCUT2D eigenvalue weighted by atomic mass is 16.5. The Hall–Kier alpha value is -6.84. The first kappa shape index (κ1) is 28.9. The van der Waals surface area contributed by atoms with Gasteiger partial charge in [-0.15, -0.1) is 0 Å². The van der Waals surface area contributed by atoms with Gasteiger partial charge in [0, 0.05) is 38.7 Å². The Bertz CT molecular complexity index is 2810. The highest BCUT2D eigenvalue weighted by Gasteiger charge is 2.50. The topological polar surface area (TPSA) is 23.4 Å². The molecule has 0 saturated heterocycles. The third-order valence-corrected chi connectivity index (χ3v) is 10.9. The van der Waals surface area contributed by atoms with E-state index in [9.17, 15) is 0 Å². The smallest absolute Gasteiger partial charge is 0.132 e. The molecule has 0 radical (unpaired) electrons. The van der Waals surface area contributed by atoms with Gasteiger partial charge in [-0.1, -0.05) is 127 Å². The zero-order valence-electron chi connectivity index (χ0n) is 28.2. The summed E-state index contributed by atoms with van der Waals surface area (Å²) >= 11 is 0. The van der Waals surface area contributed by atoms with Crippen LogP contribution in [-0.4, -0.2) is 4.57 Å². The maximum atomic E-state index is 6.78. The average molecular weight is 666 g/mol. The molecule has 0 fully saturated rings. The predicted octanol–water partition coefficient (Wildman–Crippen LogP) is 12.7. The first-order valence-electron chi connectivity index (χ1n) is 17.8. The summed E-state index contributed by atoms with van der Waals surface area (Å²) in [5.41, 5.74) is 11.8. The molecule has 0 bridgehead atoms. The molecule has 3 heteroatoms. The Balaban J connectivity index is 1.19. The van der Waals surface area contributed by atoms with E-state index >= 15 is 0 Å². The van der Waals surface area contributed by atoms with Crippen LogP contribution in [0.3, 0.4) is 0 Å². The van der Waals surface area contributed by atoms with Gasteiger partial charge in [0.15, 0.2) is 0 Å². The minimum atomic E-state index is -0.696. The molecular formula is C49H31NO2. The van der Waals surface area contributed by atoms with Crippen LogP contribution in [0, 0.1) is 0 Å². The van der Waals surface area contributed by atoms with Gasteiger partial charge in [-0.3, -0.25) is 0 Å². The molecule has 1 atom stereocenters. The number of para-hydroxylation sites is 4. The maximum absolute atomic E-state index is 6.78. The van der Waals surface area contributed by atoms with Gasteiger partial charge in [0.2, 0.25) is 0 Å². The molecule has 1 spiro atoms. The molecule has 2 aliphatic heterocycles. The van der Waals surface area contributed by atoms with Crippen molar-refractivity contribution < 1.29 is 9.47 Å². The molecule has 9 aromatic rings. The van der Waals surface area contributed by atoms with Crippen LogP contribution >= 0.6 is 0 Å². The lowest BCUT2D eigenvalue weighted by atomic mass is 9.62. The maximum Gasteiger partial charge on any atom is 0.132 e. The van der Waals surface area contributed by atoms with E-state index in [4.69, 9.17) is 9.47 Å². The van der Waals surface area contributed by atoms with Crippen molar-refractivity contribution in [2.75, 3.05) is 0 Å². The molecule has 2 aliphatic rings. The van der Waals surface area contributed by atoms with Crippen molar-refractivity contribution in [2.24, 2.45) is 0 Å². The van der Waals surface area contributed by atoms with Crippen LogP contribution in [0.5, 0.6) is 23.0 Å². The van der Waals surface area contributed by atoms with Gasteiger partial charge in [0.25, 0.3) is 0 Å². The second-order valence-corrected chi connectivity index (χ2v) is 13.7. The standard InChI is InChI=1S/C49H31NO2/c1-3-13-32(14-4-1)33-24-27-47-41(29-33)49(39-18-8-11-21-45(39)51-47)40-19-9-12-22-46(40)52-48-28-25-34(30-42(48)49)35-23-26-38-37-17-7-10-20-43(37)50(44(38)31-35)36-15-5-2-6-16-36/h1-31H. The third-order valence-electron chi connectivity index (χ3n) is 10.9. The first-order chi connectivity index (χ1) is 25.8. The van der Waals surface area contributed by atoms with Gasteiger partial charge in [0.05, 0.1) is 16.4 Å². The SMILES string of the molecule is c1ccc(-c2ccc3c(c2)C2(c4ccccc4O3)c3ccccc3Oc3ccc(-c4ccc5c6ccccc6n(-c6ccccc6)c5c4)cc32)cc1. The molecule has 0 amide bonds. The monoisotopic (exact) mass is 665 g/mol. The average Bonchev–Trinajstić information content (AvgIpc) is 3.55. The molecule has 52 heavy (non-hydrogen) atoms. The predicted molar refractivity (Wildman–Crippen MR) is 210 cm³/mol. The lowest BCUT2D eigenvalue weighted by Gasteiger charge is -2.45. The third kappa shape index (κ3) is 4.08. The molecule has 0 aliphatic carbocycles. The van der Waals surface area contributed by atoms with Gasteiger partial charge >= 0.3 is 0 Å². The number of benzene rings is 8. The summed E-state index contributed by atoms with van der Waals surface area (Å²) in [6, 6.07) is 67.1. The molecule has 0 N–H and O–H groups in total. The molecular weight excluding hydrogens is 635 g/mol. The minimum Gasteiger partial charge on any atom is -0.457 e. The summed E-state index contributed by atoms with van der Waals surface area (Å²) in [7, 11) is 0. The largest absolute Gasteiger partial charge is 0.457 e. The second-order valence-electron chi connectivity index (χ2n) is 13.7. The van der Waals surface area contributed by atoms with Gasteiger partial charge < -0.3 is 14.0 Å². The van der Waals surface area contributed by atoms with Gasteiger partial charge in [-0.25, -0.2) is 0 Å². The Morgan fingerprint density at radius 3 is 1.48 bits per heavy atom. The van der Waals surface area contributed by atoms with Gasteiger partial charge in [0.1, 0.15) is 23.0 Å². The van der Waals surface area contributed by atoms with Gasteiger partial charge in [-0.2, -0.15) is 0 Å². The zero-order chi connectivity index (χ0) is 34.2. The minimum absolute atomic E-state index is 0.696. The number of hydrogen-bond donors (Lipinski definition) is 0. The van der Waals surface area contributed by atoms with E-state index in [1.54, 1.807) is 0 Å². The van der Waals surface area contributed by atoms with E-state index < -0.39 is 5.41 Å². The fourth-order valence-electron chi connectivity index (χ4n) is 8.66. The van der Waals surface area contributed by atoms with Crippen molar-refractivity contribution in [3.05, 3.63) is 210 Å². The summed E-state index contributed by atoms with van der Waals surface area (Å²) in [4.78, 5) is 0. The summed E-state index contributed by atoms with van der Waals surface area (Å²) in [6.45, 7) is 0. The Morgan fingerprint density at radius 2 is 0.808 bits per heavy atom. The molecule has 1 aromatic heterocycles. The number of ether oxygens (including phenoxy) is 2. The van der Waals surface area contributed by atoms with Crippen molar-refractivity contribution >= 4 is 21.8 Å². The number of fused-ring (bicyclic) bond motifs is 11. The van der Waals surface area contributed by atoms with Crippen LogP contribution in [0.25, 0.3) is 49.7 Å². The van der Waals surface area contributed by atoms with Crippen LogP contribution in [-0.2, 0) is 5.41 Å². The lowest BCUT2D eigenvalue weighted by Crippen LogP contribution is -2.36. The molecule has 3 heterocycles. The molecule has 0 saturated carbocycles. The van der Waals surface area contributed by atoms with E-state index in [1.165, 1.54) is 21.8 Å². The first-order valence-corrected chi connectivity index (χ1v) is 17.8. The van der Waals surface area contributed by atoms with E-state index in [0.29, 0.717) is 0 Å². The van der Waals surface area contributed by atoms with E-state index in [-0.39, 0.29) is 0 Å². The second kappa shape index (κ2) is 11.1. The van der Waals surface area contributed by atoms with Crippen LogP contribution in [0.1, 0.15) is 22.3 Å². The molecule has 3 nitrogen and oxygen atoms in total. The normalized spacial score (nSPS) is 15.3. The fraction of sp³-hybridized carbons (Fsp3) is 0.0204. The van der Waals surface area contributed by atoms with E-state index in [2.05, 4.69) is 193 Å². The summed E-state index contributed by atoms with van der Waals surface area (Å²) in [5.74, 6) is 3.39. The molecule has 8 aromatic carbocycles. The summed E-state index contributed by atoms with van der Waals surface area (Å²) in [5, 5.41) is 2.47. The zero-order valence-corrected chi connectivity index (χ0v) is 28.2. The van der Waals surface area contributed by atoms with E-state index in [1.807, 2.05) is 0 Å². The van der Waals surface area contributed by atoms with Crippen molar-refractivity contribution in [1.29, 1.82) is 0 Å². The number of aromatic nitrogens is 1. The van der Waals surface area contributed by atoms with Crippen molar-refractivity contribution in [3.63, 3.8) is 0 Å². The molecule has 244 valence electrons. The Morgan fingerprint density at radius 1 is 0.327 bits per heavy atom. The molecule has 1 unspecified atom stereocenters. The Kier molecular flexibility index (Phi) is 6.17. The molecule has 11 rings (SSSR count). The van der Waals surface area contributed by atoms with Crippen LogP contribution < -0.4 is 9.47 Å². The van der Waals surface area contributed by atoms with Crippen LogP contribution in [0.2, 0.25) is 0 Å². The Labute approximate surface area is 301 Å². The van der Waals surface area contributed by atoms with Crippen molar-refractivity contribution in [3.8, 4) is 50.9 Å². The van der Waals surface area contributed by atoms with Crippen molar-refractivity contribution in [2.45, 2.75) is 5.41 Å². The number of rotatable bonds is 3. The van der Waals surface area contributed by atoms with Crippen LogP contribution in [0.15, 0.2) is 188 Å².